The van der Waals surface area contributed by atoms with Crippen molar-refractivity contribution in [3.8, 4) is 0 Å². The first-order chi connectivity index (χ1) is 7.08. The Morgan fingerprint density at radius 1 is 1.67 bits per heavy atom. The molecule has 2 aliphatic rings. The second kappa shape index (κ2) is 3.62. The molecule has 0 fully saturated rings. The summed E-state index contributed by atoms with van der Waals surface area (Å²) in [6.45, 7) is 1.63. The number of carbonyl (C=O) groups is 2. The van der Waals surface area contributed by atoms with Gasteiger partial charge < -0.3 is 5.32 Å². The number of nitrogens with one attached hydrogen (secondary N) is 1. The van der Waals surface area contributed by atoms with Crippen LogP contribution in [0.15, 0.2) is 28.9 Å². The molecule has 1 aliphatic carbocycles. The minimum absolute atomic E-state index is 0.0828. The summed E-state index contributed by atoms with van der Waals surface area (Å²) in [5, 5.41) is 2.02. The number of ketones is 1. The van der Waals surface area contributed by atoms with Gasteiger partial charge in [0.15, 0.2) is 5.78 Å². The van der Waals surface area contributed by atoms with E-state index in [1.54, 1.807) is 25.2 Å². The number of hydrogen-bond donors (Lipinski definition) is 1. The first-order valence-corrected chi connectivity index (χ1v) is 4.99. The van der Waals surface area contributed by atoms with Crippen LogP contribution < -0.4 is 5.32 Å². The molecule has 2 unspecified atom stereocenters. The molecular weight excluding hydrogens is 216 g/mol. The van der Waals surface area contributed by atoms with Gasteiger partial charge in [-0.3, -0.25) is 4.79 Å². The average molecular weight is 225 g/mol. The van der Waals surface area contributed by atoms with Crippen LogP contribution in [-0.2, 0) is 4.79 Å². The highest BCUT2D eigenvalue weighted by atomic mass is 35.5. The Kier molecular flexibility index (Phi) is 2.44. The summed E-state index contributed by atoms with van der Waals surface area (Å²) in [5.74, 6) is -0.453. The number of rotatable bonds is 2. The number of amides is 2. The molecule has 15 heavy (non-hydrogen) atoms. The molecule has 0 radical (unpaired) electrons. The maximum atomic E-state index is 11.6. The summed E-state index contributed by atoms with van der Waals surface area (Å²) in [6, 6.07) is -0.395. The van der Waals surface area contributed by atoms with Crippen molar-refractivity contribution in [3.63, 3.8) is 0 Å². The van der Waals surface area contributed by atoms with Gasteiger partial charge in [0.05, 0.1) is 22.7 Å². The molecule has 0 bridgehead atoms. The van der Waals surface area contributed by atoms with Crippen LogP contribution >= 0.6 is 11.6 Å². The monoisotopic (exact) mass is 224 g/mol. The molecule has 1 N–H and O–H groups in total. The number of carbonyl (C=O) groups excluding carboxylic acids is 2. The van der Waals surface area contributed by atoms with Crippen LogP contribution in [-0.4, -0.2) is 22.9 Å². The van der Waals surface area contributed by atoms with Crippen LogP contribution in [0.5, 0.6) is 0 Å². The van der Waals surface area contributed by atoms with Crippen molar-refractivity contribution in [1.82, 2.24) is 5.32 Å². The highest BCUT2D eigenvalue weighted by Crippen LogP contribution is 2.19. The number of alkyl halides is 1. The molecule has 0 aromatic carbocycles. The van der Waals surface area contributed by atoms with E-state index < -0.39 is 11.4 Å². The lowest BCUT2D eigenvalue weighted by atomic mass is 9.94. The van der Waals surface area contributed by atoms with E-state index in [9.17, 15) is 9.59 Å². The number of halogens is 1. The van der Waals surface area contributed by atoms with Gasteiger partial charge in [0.1, 0.15) is 0 Å². The smallest absolute Gasteiger partial charge is 0.304 e. The summed E-state index contributed by atoms with van der Waals surface area (Å²) >= 11 is 5.70. The number of hydrogen-bond acceptors (Lipinski definition) is 2. The predicted octanol–water partition coefficient (Wildman–Crippen LogP) is 1.42. The SMILES string of the molecule is CC(Cl)C(=O)C1C=CC2=NC(=O)NC2=C1. The Morgan fingerprint density at radius 3 is 3.07 bits per heavy atom. The largest absolute Gasteiger partial charge is 0.346 e. The molecule has 0 aromatic rings. The van der Waals surface area contributed by atoms with Gasteiger partial charge in [-0.05, 0) is 19.1 Å². The molecular formula is C10H9ClN2O2. The van der Waals surface area contributed by atoms with E-state index >= 15 is 0 Å². The number of urea groups is 1. The van der Waals surface area contributed by atoms with E-state index in [2.05, 4.69) is 10.3 Å². The van der Waals surface area contributed by atoms with Crippen molar-refractivity contribution in [3.05, 3.63) is 23.9 Å². The normalized spacial score (nSPS) is 25.2. The zero-order valence-corrected chi connectivity index (χ0v) is 8.78. The molecule has 1 aliphatic heterocycles. The van der Waals surface area contributed by atoms with Gasteiger partial charge in [-0.2, -0.15) is 4.99 Å². The summed E-state index contributed by atoms with van der Waals surface area (Å²) in [5.41, 5.74) is 1.17. The average Bonchev–Trinajstić information content (AvgIpc) is 2.55. The first-order valence-electron chi connectivity index (χ1n) is 4.56. The van der Waals surface area contributed by atoms with E-state index in [0.717, 1.165) is 0 Å². The van der Waals surface area contributed by atoms with Gasteiger partial charge >= 0.3 is 6.03 Å². The fourth-order valence-corrected chi connectivity index (χ4v) is 1.65. The number of allylic oxidation sites excluding steroid dienone is 3. The third kappa shape index (κ3) is 1.85. The Balaban J connectivity index is 2.23. The number of aliphatic imine (C=N–C) groups is 1. The lowest BCUT2D eigenvalue weighted by Crippen LogP contribution is -2.24. The highest BCUT2D eigenvalue weighted by molar-refractivity contribution is 6.31. The lowest BCUT2D eigenvalue weighted by Gasteiger charge is -2.13. The van der Waals surface area contributed by atoms with E-state index in [4.69, 9.17) is 11.6 Å². The van der Waals surface area contributed by atoms with Crippen LogP contribution in [0.25, 0.3) is 0 Å². The van der Waals surface area contributed by atoms with Gasteiger partial charge in [-0.1, -0.05) is 6.08 Å². The molecule has 1 heterocycles. The van der Waals surface area contributed by atoms with Crippen molar-refractivity contribution in [1.29, 1.82) is 0 Å². The van der Waals surface area contributed by atoms with E-state index in [0.29, 0.717) is 11.4 Å². The molecule has 0 spiro atoms. The van der Waals surface area contributed by atoms with Crippen LogP contribution in [0, 0.1) is 5.92 Å². The van der Waals surface area contributed by atoms with E-state index in [1.807, 2.05) is 0 Å². The van der Waals surface area contributed by atoms with Crippen LogP contribution in [0.3, 0.4) is 0 Å². The van der Waals surface area contributed by atoms with Crippen LogP contribution in [0.1, 0.15) is 6.92 Å². The van der Waals surface area contributed by atoms with Crippen molar-refractivity contribution < 1.29 is 9.59 Å². The molecule has 78 valence electrons. The second-order valence-electron chi connectivity index (χ2n) is 3.41. The Hall–Kier alpha value is -1.42. The maximum Gasteiger partial charge on any atom is 0.346 e. The van der Waals surface area contributed by atoms with Gasteiger partial charge in [0.25, 0.3) is 0 Å². The van der Waals surface area contributed by atoms with Gasteiger partial charge in [-0.15, -0.1) is 11.6 Å². The fourth-order valence-electron chi connectivity index (χ4n) is 1.50. The molecule has 0 aromatic heterocycles. The third-order valence-electron chi connectivity index (χ3n) is 2.27. The summed E-state index contributed by atoms with van der Waals surface area (Å²) in [4.78, 5) is 26.2. The summed E-state index contributed by atoms with van der Waals surface area (Å²) in [7, 11) is 0. The predicted molar refractivity (Wildman–Crippen MR) is 57.0 cm³/mol. The molecule has 2 atom stereocenters. The number of Topliss-reactive ketones (excluding diaryl/α,β-unsaturated/α-hetero) is 1. The van der Waals surface area contributed by atoms with Crippen molar-refractivity contribution in [2.45, 2.75) is 12.3 Å². The van der Waals surface area contributed by atoms with Crippen LogP contribution in [0.2, 0.25) is 0 Å². The lowest BCUT2D eigenvalue weighted by molar-refractivity contribution is -0.119. The molecule has 4 nitrogen and oxygen atoms in total. The van der Waals surface area contributed by atoms with Gasteiger partial charge in [-0.25, -0.2) is 4.79 Å². The number of fused-ring (bicyclic) bond motifs is 1. The van der Waals surface area contributed by atoms with E-state index in [-0.39, 0.29) is 11.7 Å². The van der Waals surface area contributed by atoms with E-state index in [1.165, 1.54) is 0 Å². The molecule has 5 heteroatoms. The third-order valence-corrected chi connectivity index (χ3v) is 2.48. The standard InChI is InChI=1S/C10H9ClN2O2/c1-5(11)9(14)6-2-3-7-8(4-6)13-10(15)12-7/h2-6H,1H3,(H,13,15). The zero-order chi connectivity index (χ0) is 11.0. The fraction of sp³-hybridized carbons (Fsp3) is 0.300. The zero-order valence-electron chi connectivity index (χ0n) is 8.03. The van der Waals surface area contributed by atoms with Crippen molar-refractivity contribution >= 4 is 29.1 Å². The minimum atomic E-state index is -0.535. The summed E-state index contributed by atoms with van der Waals surface area (Å²) in [6.07, 6.45) is 5.03. The summed E-state index contributed by atoms with van der Waals surface area (Å²) < 4.78 is 0. The second-order valence-corrected chi connectivity index (χ2v) is 4.07. The Labute approximate surface area is 91.7 Å². The van der Waals surface area contributed by atoms with Gasteiger partial charge in [0.2, 0.25) is 0 Å². The first kappa shape index (κ1) is 10.1. The molecule has 0 saturated carbocycles. The Morgan fingerprint density at radius 2 is 2.40 bits per heavy atom. The van der Waals surface area contributed by atoms with Crippen molar-refractivity contribution in [2.75, 3.05) is 0 Å². The van der Waals surface area contributed by atoms with Crippen LogP contribution in [0.4, 0.5) is 4.79 Å². The van der Waals surface area contributed by atoms with Gasteiger partial charge in [0, 0.05) is 0 Å². The highest BCUT2D eigenvalue weighted by Gasteiger charge is 2.26. The minimum Gasteiger partial charge on any atom is -0.304 e. The maximum absolute atomic E-state index is 11.6. The number of nitrogens with zero attached hydrogens (tertiary/aromatic N) is 1. The molecule has 0 saturated heterocycles. The quantitative estimate of drug-likeness (QED) is 0.721. The molecule has 2 amide bonds. The molecule has 2 rings (SSSR count). The van der Waals surface area contributed by atoms with Crippen molar-refractivity contribution in [2.24, 2.45) is 10.9 Å². The Bertz CT molecular complexity index is 421. The topological polar surface area (TPSA) is 58.5 Å².